The fourth-order valence-corrected chi connectivity index (χ4v) is 2.06. The van der Waals surface area contributed by atoms with Crippen LogP contribution in [0.3, 0.4) is 0 Å². The van der Waals surface area contributed by atoms with Crippen LogP contribution in [0.15, 0.2) is 4.99 Å². The molecule has 2 aliphatic heterocycles. The summed E-state index contributed by atoms with van der Waals surface area (Å²) in [6.45, 7) is 3.00. The third kappa shape index (κ3) is 2.42. The van der Waals surface area contributed by atoms with Crippen LogP contribution in [-0.2, 0) is 0 Å². The van der Waals surface area contributed by atoms with Gasteiger partial charge in [0.05, 0.1) is 6.54 Å². The maximum atomic E-state index is 5.63. The van der Waals surface area contributed by atoms with Crippen LogP contribution in [0.4, 0.5) is 0 Å². The highest BCUT2D eigenvalue weighted by atomic mass is 35.5. The number of aliphatic imine (C=N–C) groups is 1. The highest BCUT2D eigenvalue weighted by Crippen LogP contribution is 2.19. The molecular weight excluding hydrogens is 217 g/mol. The van der Waals surface area contributed by atoms with Crippen LogP contribution in [-0.4, -0.2) is 41.5 Å². The summed E-state index contributed by atoms with van der Waals surface area (Å²) in [7, 11) is 0. The summed E-state index contributed by atoms with van der Waals surface area (Å²) in [6, 6.07) is 0.392. The van der Waals surface area contributed by atoms with Gasteiger partial charge in [-0.3, -0.25) is 4.99 Å². The Hall–Kier alpha value is 0.360. The van der Waals surface area contributed by atoms with E-state index in [0.29, 0.717) is 6.04 Å². The Morgan fingerprint density at radius 3 is 2.50 bits per heavy atom. The summed E-state index contributed by atoms with van der Waals surface area (Å²) in [6.07, 6.45) is 0. The minimum atomic E-state index is 0. The molecule has 2 heterocycles. The van der Waals surface area contributed by atoms with Gasteiger partial charge >= 0.3 is 0 Å². The van der Waals surface area contributed by atoms with Gasteiger partial charge in [-0.1, -0.05) is 11.8 Å². The van der Waals surface area contributed by atoms with E-state index in [1.165, 1.54) is 5.17 Å². The second-order valence-electron chi connectivity index (χ2n) is 2.68. The molecule has 2 aliphatic rings. The number of halogens is 2. The van der Waals surface area contributed by atoms with Gasteiger partial charge in [-0.05, 0) is 0 Å². The molecule has 0 aliphatic carbocycles. The van der Waals surface area contributed by atoms with E-state index in [1.807, 2.05) is 11.8 Å². The fourth-order valence-electron chi connectivity index (χ4n) is 1.18. The molecule has 6 heteroatoms. The van der Waals surface area contributed by atoms with Crippen LogP contribution < -0.4 is 5.73 Å². The smallest absolute Gasteiger partial charge is 0.159 e. The number of amidine groups is 1. The van der Waals surface area contributed by atoms with Gasteiger partial charge < -0.3 is 10.6 Å². The summed E-state index contributed by atoms with van der Waals surface area (Å²) in [5.74, 6) is 1.15. The maximum absolute atomic E-state index is 5.63. The van der Waals surface area contributed by atoms with Crippen molar-refractivity contribution >= 4 is 41.7 Å². The molecule has 0 unspecified atom stereocenters. The highest BCUT2D eigenvalue weighted by Gasteiger charge is 2.27. The van der Waals surface area contributed by atoms with Crippen molar-refractivity contribution in [3.05, 3.63) is 0 Å². The van der Waals surface area contributed by atoms with Gasteiger partial charge in [-0.15, -0.1) is 24.8 Å². The molecule has 0 aromatic heterocycles. The number of rotatable bonds is 0. The molecule has 0 aromatic rings. The molecule has 3 nitrogen and oxygen atoms in total. The molecular formula is C6H13Cl2N3S. The van der Waals surface area contributed by atoms with Crippen LogP contribution in [0.1, 0.15) is 0 Å². The molecule has 0 atom stereocenters. The van der Waals surface area contributed by atoms with Crippen molar-refractivity contribution in [3.8, 4) is 0 Å². The first-order valence-electron chi connectivity index (χ1n) is 3.54. The van der Waals surface area contributed by atoms with E-state index < -0.39 is 0 Å². The first kappa shape index (κ1) is 12.4. The molecule has 0 radical (unpaired) electrons. The van der Waals surface area contributed by atoms with Gasteiger partial charge in [-0.25, -0.2) is 0 Å². The van der Waals surface area contributed by atoms with E-state index in [-0.39, 0.29) is 24.8 Å². The highest BCUT2D eigenvalue weighted by molar-refractivity contribution is 8.14. The quantitative estimate of drug-likeness (QED) is 0.661. The van der Waals surface area contributed by atoms with Crippen LogP contribution in [0.25, 0.3) is 0 Å². The predicted molar refractivity (Wildman–Crippen MR) is 58.8 cm³/mol. The van der Waals surface area contributed by atoms with Gasteiger partial charge in [0, 0.05) is 24.9 Å². The Morgan fingerprint density at radius 2 is 2.08 bits per heavy atom. The van der Waals surface area contributed by atoms with Crippen LogP contribution in [0.2, 0.25) is 0 Å². The third-order valence-electron chi connectivity index (χ3n) is 1.75. The van der Waals surface area contributed by atoms with Gasteiger partial charge in [0.2, 0.25) is 0 Å². The molecule has 0 spiro atoms. The second-order valence-corrected chi connectivity index (χ2v) is 3.74. The molecule has 2 N–H and O–H groups in total. The van der Waals surface area contributed by atoms with Crippen molar-refractivity contribution < 1.29 is 0 Å². The monoisotopic (exact) mass is 229 g/mol. The summed E-state index contributed by atoms with van der Waals surface area (Å²) < 4.78 is 0. The average molecular weight is 230 g/mol. The van der Waals surface area contributed by atoms with Gasteiger partial charge in [0.1, 0.15) is 0 Å². The van der Waals surface area contributed by atoms with Crippen molar-refractivity contribution in [3.63, 3.8) is 0 Å². The summed E-state index contributed by atoms with van der Waals surface area (Å²) in [5.41, 5.74) is 5.63. The zero-order chi connectivity index (χ0) is 6.97. The Morgan fingerprint density at radius 1 is 1.42 bits per heavy atom. The summed E-state index contributed by atoms with van der Waals surface area (Å²) in [5, 5.41) is 1.21. The molecule has 1 saturated heterocycles. The molecule has 0 saturated carbocycles. The van der Waals surface area contributed by atoms with E-state index in [1.54, 1.807) is 0 Å². The molecule has 2 rings (SSSR count). The largest absolute Gasteiger partial charge is 0.348 e. The number of thioether (sulfide) groups is 1. The van der Waals surface area contributed by atoms with Crippen molar-refractivity contribution in [2.45, 2.75) is 6.04 Å². The lowest BCUT2D eigenvalue weighted by atomic mass is 10.2. The third-order valence-corrected chi connectivity index (χ3v) is 2.78. The van der Waals surface area contributed by atoms with Gasteiger partial charge in [0.25, 0.3) is 0 Å². The molecule has 12 heavy (non-hydrogen) atoms. The molecule has 0 aromatic carbocycles. The lowest BCUT2D eigenvalue weighted by Crippen LogP contribution is -2.56. The Bertz CT molecular complexity index is 170. The molecule has 1 fully saturated rings. The second kappa shape index (κ2) is 5.17. The van der Waals surface area contributed by atoms with Gasteiger partial charge in [0.15, 0.2) is 5.17 Å². The van der Waals surface area contributed by atoms with E-state index in [4.69, 9.17) is 5.73 Å². The fraction of sp³-hybridized carbons (Fsp3) is 0.833. The van der Waals surface area contributed by atoms with Crippen molar-refractivity contribution in [2.24, 2.45) is 10.7 Å². The normalized spacial score (nSPS) is 22.1. The Kier molecular flexibility index (Phi) is 5.32. The van der Waals surface area contributed by atoms with E-state index in [9.17, 15) is 0 Å². The van der Waals surface area contributed by atoms with Crippen molar-refractivity contribution in [1.82, 2.24) is 4.90 Å². The maximum Gasteiger partial charge on any atom is 0.159 e. The predicted octanol–water partition coefficient (Wildman–Crippen LogP) is 0.576. The van der Waals surface area contributed by atoms with E-state index in [2.05, 4.69) is 9.89 Å². The van der Waals surface area contributed by atoms with Gasteiger partial charge in [-0.2, -0.15) is 0 Å². The first-order chi connectivity index (χ1) is 4.86. The molecule has 0 amide bonds. The molecule has 0 bridgehead atoms. The molecule has 72 valence electrons. The van der Waals surface area contributed by atoms with Crippen LogP contribution in [0.5, 0.6) is 0 Å². The number of hydrogen-bond donors (Lipinski definition) is 1. The minimum absolute atomic E-state index is 0. The first-order valence-corrected chi connectivity index (χ1v) is 4.52. The number of nitrogens with zero attached hydrogens (tertiary/aromatic N) is 2. The van der Waals surface area contributed by atoms with E-state index in [0.717, 1.165) is 25.4 Å². The number of hydrogen-bond acceptors (Lipinski definition) is 4. The SMILES string of the molecule is Cl.Cl.NC1CN(C2=NCCS2)C1. The number of likely N-dealkylation sites (tertiary alicyclic amines) is 1. The Balaban J connectivity index is 0.000000605. The zero-order valence-corrected chi connectivity index (χ0v) is 9.05. The van der Waals surface area contributed by atoms with Crippen molar-refractivity contribution in [2.75, 3.05) is 25.4 Å². The zero-order valence-electron chi connectivity index (χ0n) is 6.60. The minimum Gasteiger partial charge on any atom is -0.348 e. The lowest BCUT2D eigenvalue weighted by Gasteiger charge is -2.37. The van der Waals surface area contributed by atoms with E-state index >= 15 is 0 Å². The lowest BCUT2D eigenvalue weighted by molar-refractivity contribution is 0.259. The average Bonchev–Trinajstić information content (AvgIpc) is 2.31. The van der Waals surface area contributed by atoms with Crippen molar-refractivity contribution in [1.29, 1.82) is 0 Å². The standard InChI is InChI=1S/C6H11N3S.2ClH/c7-5-3-9(4-5)6-8-1-2-10-6;;/h5H,1-4,7H2;2*1H. The van der Waals surface area contributed by atoms with Crippen LogP contribution in [0, 0.1) is 0 Å². The number of nitrogens with two attached hydrogens (primary N) is 1. The Labute approximate surface area is 89.0 Å². The summed E-state index contributed by atoms with van der Waals surface area (Å²) >= 11 is 1.85. The van der Waals surface area contributed by atoms with Crippen LogP contribution >= 0.6 is 36.6 Å². The topological polar surface area (TPSA) is 41.6 Å². The summed E-state index contributed by atoms with van der Waals surface area (Å²) in [4.78, 5) is 6.59.